The molecule has 118 valence electrons. The van der Waals surface area contributed by atoms with Crippen LogP contribution in [0.4, 0.5) is 0 Å². The first-order valence-electron chi connectivity index (χ1n) is 7.40. The Kier molecular flexibility index (Phi) is 5.30. The summed E-state index contributed by atoms with van der Waals surface area (Å²) in [5.41, 5.74) is 0. The van der Waals surface area contributed by atoms with E-state index in [0.29, 0.717) is 24.9 Å². The molecule has 1 N–H and O–H groups in total. The van der Waals surface area contributed by atoms with Crippen molar-refractivity contribution in [3.63, 3.8) is 0 Å². The highest BCUT2D eigenvalue weighted by atomic mass is 16.5. The second kappa shape index (κ2) is 7.00. The smallest absolute Gasteiger partial charge is 0.310 e. The average Bonchev–Trinajstić information content (AvgIpc) is 3.07. The van der Waals surface area contributed by atoms with Gasteiger partial charge in [-0.2, -0.15) is 4.98 Å². The minimum absolute atomic E-state index is 0.136. The molecule has 0 saturated carbocycles. The van der Waals surface area contributed by atoms with Gasteiger partial charge in [0.2, 0.25) is 5.89 Å². The van der Waals surface area contributed by atoms with Gasteiger partial charge in [0.1, 0.15) is 0 Å². The van der Waals surface area contributed by atoms with Crippen LogP contribution in [0.15, 0.2) is 4.52 Å². The molecule has 0 bridgehead atoms. The van der Waals surface area contributed by atoms with E-state index < -0.39 is 11.9 Å². The summed E-state index contributed by atoms with van der Waals surface area (Å²) in [5.74, 6) is 0.0946. The van der Waals surface area contributed by atoms with E-state index >= 15 is 0 Å². The van der Waals surface area contributed by atoms with Gasteiger partial charge in [-0.15, -0.1) is 0 Å². The van der Waals surface area contributed by atoms with Crippen molar-refractivity contribution in [2.24, 2.45) is 5.92 Å². The lowest BCUT2D eigenvalue weighted by Crippen LogP contribution is -2.43. The average molecular weight is 297 g/mol. The number of carbonyl (C=O) groups is 1. The topological polar surface area (TPSA) is 88.7 Å². The van der Waals surface area contributed by atoms with E-state index in [1.165, 1.54) is 0 Å². The third kappa shape index (κ3) is 3.79. The summed E-state index contributed by atoms with van der Waals surface area (Å²) in [5, 5.41) is 13.3. The molecule has 0 aromatic carbocycles. The van der Waals surface area contributed by atoms with Crippen LogP contribution in [0.5, 0.6) is 0 Å². The molecule has 2 rings (SSSR count). The van der Waals surface area contributed by atoms with Crippen molar-refractivity contribution in [3.8, 4) is 0 Å². The van der Waals surface area contributed by atoms with Crippen molar-refractivity contribution in [1.82, 2.24) is 15.0 Å². The molecule has 2 heterocycles. The maximum Gasteiger partial charge on any atom is 0.310 e. The van der Waals surface area contributed by atoms with Gasteiger partial charge in [0.15, 0.2) is 5.82 Å². The summed E-state index contributed by atoms with van der Waals surface area (Å²) in [4.78, 5) is 17.8. The van der Waals surface area contributed by atoms with Crippen LogP contribution in [0.25, 0.3) is 0 Å². The summed E-state index contributed by atoms with van der Waals surface area (Å²) in [6.45, 7) is 8.02. The lowest BCUT2D eigenvalue weighted by Gasteiger charge is -2.28. The molecule has 0 aliphatic carbocycles. The highest BCUT2D eigenvalue weighted by molar-refractivity contribution is 5.71. The number of rotatable bonds is 7. The lowest BCUT2D eigenvalue weighted by molar-refractivity contribution is -0.143. The fourth-order valence-corrected chi connectivity index (χ4v) is 2.54. The third-order valence-electron chi connectivity index (χ3n) is 3.67. The van der Waals surface area contributed by atoms with Crippen molar-refractivity contribution < 1.29 is 19.2 Å². The van der Waals surface area contributed by atoms with E-state index in [4.69, 9.17) is 9.26 Å². The van der Waals surface area contributed by atoms with Gasteiger partial charge in [-0.3, -0.25) is 9.69 Å². The highest BCUT2D eigenvalue weighted by Gasteiger charge is 2.38. The van der Waals surface area contributed by atoms with Crippen LogP contribution in [0.1, 0.15) is 44.8 Å². The Labute approximate surface area is 124 Å². The SMILES string of the molecule is CCCN(Cc1noc(C(C)C)n1)C1COCC1C(=O)O. The van der Waals surface area contributed by atoms with Crippen LogP contribution in [-0.4, -0.2) is 51.9 Å². The summed E-state index contributed by atoms with van der Waals surface area (Å²) in [7, 11) is 0. The molecular formula is C14H23N3O4. The molecule has 7 heteroatoms. The van der Waals surface area contributed by atoms with Gasteiger partial charge in [0, 0.05) is 12.0 Å². The zero-order valence-corrected chi connectivity index (χ0v) is 12.8. The van der Waals surface area contributed by atoms with Crippen molar-refractivity contribution >= 4 is 5.97 Å². The van der Waals surface area contributed by atoms with Gasteiger partial charge in [0.05, 0.1) is 25.7 Å². The summed E-state index contributed by atoms with van der Waals surface area (Å²) >= 11 is 0. The van der Waals surface area contributed by atoms with Crippen LogP contribution in [-0.2, 0) is 16.1 Å². The first kappa shape index (κ1) is 15.9. The number of aliphatic carboxylic acids is 1. The summed E-state index contributed by atoms with van der Waals surface area (Å²) < 4.78 is 10.6. The van der Waals surface area contributed by atoms with Gasteiger partial charge in [0.25, 0.3) is 0 Å². The van der Waals surface area contributed by atoms with E-state index in [9.17, 15) is 9.90 Å². The molecule has 0 radical (unpaired) electrons. The minimum Gasteiger partial charge on any atom is -0.481 e. The first-order valence-corrected chi connectivity index (χ1v) is 7.40. The predicted molar refractivity (Wildman–Crippen MR) is 74.8 cm³/mol. The van der Waals surface area contributed by atoms with Crippen molar-refractivity contribution in [3.05, 3.63) is 11.7 Å². The standard InChI is InChI=1S/C14H23N3O4/c1-4-5-17(11-8-20-7-10(11)14(18)19)6-12-15-13(9(2)3)21-16-12/h9-11H,4-8H2,1-3H3,(H,18,19). The van der Waals surface area contributed by atoms with Crippen LogP contribution in [0.3, 0.4) is 0 Å². The van der Waals surface area contributed by atoms with E-state index in [1.54, 1.807) is 0 Å². The molecule has 1 aromatic heterocycles. The number of hydrogen-bond donors (Lipinski definition) is 1. The Morgan fingerprint density at radius 3 is 2.81 bits per heavy atom. The minimum atomic E-state index is -0.811. The van der Waals surface area contributed by atoms with Gasteiger partial charge in [-0.05, 0) is 13.0 Å². The number of aromatic nitrogens is 2. The van der Waals surface area contributed by atoms with Gasteiger partial charge in [-0.25, -0.2) is 0 Å². The number of hydrogen-bond acceptors (Lipinski definition) is 6. The highest BCUT2D eigenvalue weighted by Crippen LogP contribution is 2.22. The molecular weight excluding hydrogens is 274 g/mol. The fraction of sp³-hybridized carbons (Fsp3) is 0.786. The Morgan fingerprint density at radius 1 is 1.48 bits per heavy atom. The molecule has 1 fully saturated rings. The monoisotopic (exact) mass is 297 g/mol. The maximum atomic E-state index is 11.3. The zero-order valence-electron chi connectivity index (χ0n) is 12.8. The van der Waals surface area contributed by atoms with Crippen LogP contribution in [0.2, 0.25) is 0 Å². The number of carboxylic acid groups (broad SMARTS) is 1. The molecule has 1 aliphatic heterocycles. The summed E-state index contributed by atoms with van der Waals surface area (Å²) in [6.07, 6.45) is 0.928. The summed E-state index contributed by atoms with van der Waals surface area (Å²) in [6, 6.07) is -0.136. The first-order chi connectivity index (χ1) is 10.0. The maximum absolute atomic E-state index is 11.3. The van der Waals surface area contributed by atoms with E-state index in [-0.39, 0.29) is 18.6 Å². The molecule has 21 heavy (non-hydrogen) atoms. The Bertz CT molecular complexity index is 475. The number of carboxylic acids is 1. The lowest BCUT2D eigenvalue weighted by atomic mass is 10.0. The van der Waals surface area contributed by atoms with Crippen LogP contribution < -0.4 is 0 Å². The van der Waals surface area contributed by atoms with Gasteiger partial charge < -0.3 is 14.4 Å². The normalized spacial score (nSPS) is 22.3. The quantitative estimate of drug-likeness (QED) is 0.815. The zero-order chi connectivity index (χ0) is 15.4. The van der Waals surface area contributed by atoms with Crippen molar-refractivity contribution in [2.45, 2.75) is 45.7 Å². The molecule has 1 saturated heterocycles. The molecule has 0 spiro atoms. The molecule has 1 aliphatic rings. The number of ether oxygens (including phenoxy) is 1. The van der Waals surface area contributed by atoms with Gasteiger partial charge >= 0.3 is 5.97 Å². The van der Waals surface area contributed by atoms with E-state index in [2.05, 4.69) is 22.0 Å². The number of nitrogens with zero attached hydrogens (tertiary/aromatic N) is 3. The Balaban J connectivity index is 2.09. The predicted octanol–water partition coefficient (Wildman–Crippen LogP) is 1.50. The van der Waals surface area contributed by atoms with E-state index in [1.807, 2.05) is 13.8 Å². The van der Waals surface area contributed by atoms with Crippen LogP contribution in [0, 0.1) is 5.92 Å². The third-order valence-corrected chi connectivity index (χ3v) is 3.67. The van der Waals surface area contributed by atoms with Crippen molar-refractivity contribution in [1.29, 1.82) is 0 Å². The molecule has 2 atom stereocenters. The van der Waals surface area contributed by atoms with Crippen molar-refractivity contribution in [2.75, 3.05) is 19.8 Å². The fourth-order valence-electron chi connectivity index (χ4n) is 2.54. The largest absolute Gasteiger partial charge is 0.481 e. The molecule has 7 nitrogen and oxygen atoms in total. The Morgan fingerprint density at radius 2 is 2.24 bits per heavy atom. The molecule has 1 aromatic rings. The molecule has 2 unspecified atom stereocenters. The van der Waals surface area contributed by atoms with E-state index in [0.717, 1.165) is 13.0 Å². The van der Waals surface area contributed by atoms with Gasteiger partial charge in [-0.1, -0.05) is 25.9 Å². The Hall–Kier alpha value is -1.47. The second-order valence-corrected chi connectivity index (χ2v) is 5.72. The second-order valence-electron chi connectivity index (χ2n) is 5.72. The molecule has 0 amide bonds. The van der Waals surface area contributed by atoms with Crippen LogP contribution >= 0.6 is 0 Å².